The highest BCUT2D eigenvalue weighted by molar-refractivity contribution is 6.01. The second-order valence-electron chi connectivity index (χ2n) is 6.56. The van der Waals surface area contributed by atoms with Crippen LogP contribution in [0.15, 0.2) is 48.7 Å². The Morgan fingerprint density at radius 3 is 2.93 bits per heavy atom. The van der Waals surface area contributed by atoms with Crippen LogP contribution >= 0.6 is 0 Å². The van der Waals surface area contributed by atoms with Crippen LogP contribution in [0.4, 0.5) is 17.3 Å². The van der Waals surface area contributed by atoms with Crippen molar-refractivity contribution in [2.75, 3.05) is 31.3 Å². The van der Waals surface area contributed by atoms with Gasteiger partial charge in [0.2, 0.25) is 5.91 Å². The molecule has 7 heteroatoms. The van der Waals surface area contributed by atoms with Crippen molar-refractivity contribution in [3.05, 3.63) is 54.2 Å². The van der Waals surface area contributed by atoms with Crippen molar-refractivity contribution in [2.24, 2.45) is 7.05 Å². The van der Waals surface area contributed by atoms with E-state index in [1.54, 1.807) is 23.0 Å². The summed E-state index contributed by atoms with van der Waals surface area (Å²) in [6.45, 7) is 0.688. The number of pyridine rings is 1. The van der Waals surface area contributed by atoms with Crippen LogP contribution in [-0.4, -0.2) is 46.2 Å². The van der Waals surface area contributed by atoms with E-state index in [0.29, 0.717) is 12.4 Å². The number of carbonyl (C=O) groups is 1. The van der Waals surface area contributed by atoms with Crippen molar-refractivity contribution < 1.29 is 4.79 Å². The molecule has 2 N–H and O–H groups in total. The highest BCUT2D eigenvalue weighted by Gasteiger charge is 2.12. The third kappa shape index (κ3) is 4.55. The number of benzene rings is 1. The number of amides is 1. The first-order chi connectivity index (χ1) is 13.5. The molecule has 0 bridgehead atoms. The molecule has 0 aliphatic carbocycles. The van der Waals surface area contributed by atoms with E-state index in [9.17, 15) is 4.79 Å². The Balaban J connectivity index is 1.85. The first-order valence-corrected chi connectivity index (χ1v) is 8.75. The zero-order valence-electron chi connectivity index (χ0n) is 16.1. The highest BCUT2D eigenvalue weighted by Crippen LogP contribution is 2.27. The van der Waals surface area contributed by atoms with Gasteiger partial charge in [0.25, 0.3) is 0 Å². The molecular formula is C21H22N6O. The number of aromatic nitrogens is 3. The van der Waals surface area contributed by atoms with Gasteiger partial charge in [0.05, 0.1) is 6.20 Å². The summed E-state index contributed by atoms with van der Waals surface area (Å²) in [4.78, 5) is 18.3. The summed E-state index contributed by atoms with van der Waals surface area (Å²) in [5, 5.41) is 11.4. The molecule has 3 aromatic rings. The number of terminal acetylenes is 1. The fourth-order valence-electron chi connectivity index (χ4n) is 2.68. The van der Waals surface area contributed by atoms with Crippen molar-refractivity contribution in [3.8, 4) is 12.3 Å². The van der Waals surface area contributed by atoms with Gasteiger partial charge in [0.1, 0.15) is 17.2 Å². The van der Waals surface area contributed by atoms with Crippen LogP contribution in [-0.2, 0) is 11.8 Å². The van der Waals surface area contributed by atoms with Crippen LogP contribution in [0.3, 0.4) is 0 Å². The molecule has 0 atom stereocenters. The zero-order valence-corrected chi connectivity index (χ0v) is 16.1. The van der Waals surface area contributed by atoms with Gasteiger partial charge >= 0.3 is 0 Å². The number of hydrogen-bond acceptors (Lipinski definition) is 5. The molecule has 3 rings (SSSR count). The number of nitrogens with one attached hydrogen (secondary N) is 2. The number of anilines is 3. The Bertz CT molecular complexity index is 1070. The predicted octanol–water partition coefficient (Wildman–Crippen LogP) is 2.75. The van der Waals surface area contributed by atoms with Crippen LogP contribution in [0.2, 0.25) is 0 Å². The lowest BCUT2D eigenvalue weighted by Gasteiger charge is -2.08. The first-order valence-electron chi connectivity index (χ1n) is 8.75. The van der Waals surface area contributed by atoms with Crippen LogP contribution in [0.25, 0.3) is 10.9 Å². The molecule has 0 saturated carbocycles. The smallest absolute Gasteiger partial charge is 0.249 e. The normalized spacial score (nSPS) is 11.1. The Hall–Kier alpha value is -3.63. The summed E-state index contributed by atoms with van der Waals surface area (Å²) in [7, 11) is 5.72. The van der Waals surface area contributed by atoms with Crippen molar-refractivity contribution in [1.29, 1.82) is 0 Å². The van der Waals surface area contributed by atoms with Gasteiger partial charge in [0.15, 0.2) is 0 Å². The van der Waals surface area contributed by atoms with Crippen molar-refractivity contribution in [1.82, 2.24) is 19.7 Å². The van der Waals surface area contributed by atoms with Gasteiger partial charge in [-0.2, -0.15) is 5.10 Å². The van der Waals surface area contributed by atoms with E-state index in [4.69, 9.17) is 6.42 Å². The summed E-state index contributed by atoms with van der Waals surface area (Å²) in [5.41, 5.74) is 2.37. The third-order valence-electron chi connectivity index (χ3n) is 4.00. The van der Waals surface area contributed by atoms with E-state index in [-0.39, 0.29) is 5.91 Å². The van der Waals surface area contributed by atoms with E-state index in [0.717, 1.165) is 28.0 Å². The molecule has 142 valence electrons. The zero-order chi connectivity index (χ0) is 20.1. The largest absolute Gasteiger partial charge is 0.340 e. The van der Waals surface area contributed by atoms with Crippen molar-refractivity contribution in [3.63, 3.8) is 0 Å². The summed E-state index contributed by atoms with van der Waals surface area (Å²) >= 11 is 0. The van der Waals surface area contributed by atoms with E-state index < -0.39 is 0 Å². The van der Waals surface area contributed by atoms with Gasteiger partial charge in [-0.3, -0.25) is 9.48 Å². The summed E-state index contributed by atoms with van der Waals surface area (Å²) in [5.74, 6) is 3.64. The molecule has 2 aromatic heterocycles. The van der Waals surface area contributed by atoms with E-state index in [2.05, 4.69) is 26.6 Å². The number of hydrogen-bond donors (Lipinski definition) is 2. The number of rotatable bonds is 6. The van der Waals surface area contributed by atoms with Gasteiger partial charge in [-0.25, -0.2) is 4.98 Å². The molecule has 0 unspecified atom stereocenters. The molecule has 1 amide bonds. The maximum atomic E-state index is 12.1. The molecule has 0 saturated heterocycles. The lowest BCUT2D eigenvalue weighted by Crippen LogP contribution is -2.13. The molecule has 0 aliphatic heterocycles. The predicted molar refractivity (Wildman–Crippen MR) is 112 cm³/mol. The topological polar surface area (TPSA) is 75.1 Å². The van der Waals surface area contributed by atoms with Gasteiger partial charge in [-0.15, -0.1) is 6.42 Å². The number of aryl methyl sites for hydroxylation is 1. The molecule has 0 spiro atoms. The van der Waals surface area contributed by atoms with Gasteiger partial charge < -0.3 is 15.5 Å². The van der Waals surface area contributed by atoms with E-state index >= 15 is 0 Å². The Labute approximate surface area is 164 Å². The second kappa shape index (κ2) is 8.37. The SMILES string of the molecule is C#Cc1cccc(Nc2c3cc(NC(=O)/C=C/CN(C)C)ncc3nn2C)c1. The monoisotopic (exact) mass is 374 g/mol. The lowest BCUT2D eigenvalue weighted by atomic mass is 10.2. The number of fused-ring (bicyclic) bond motifs is 1. The second-order valence-corrected chi connectivity index (χ2v) is 6.56. The average molecular weight is 374 g/mol. The minimum atomic E-state index is -0.228. The molecular weight excluding hydrogens is 352 g/mol. The average Bonchev–Trinajstić information content (AvgIpc) is 2.96. The quantitative estimate of drug-likeness (QED) is 0.513. The number of likely N-dealkylation sites (N-methyl/N-ethyl adjacent to an activating group) is 1. The molecule has 1 aromatic carbocycles. The Morgan fingerprint density at radius 2 is 2.18 bits per heavy atom. The summed E-state index contributed by atoms with van der Waals surface area (Å²) in [6, 6.07) is 9.38. The molecule has 0 radical (unpaired) electrons. The Morgan fingerprint density at radius 1 is 1.36 bits per heavy atom. The van der Waals surface area contributed by atoms with Crippen LogP contribution < -0.4 is 10.6 Å². The van der Waals surface area contributed by atoms with Gasteiger partial charge in [-0.05, 0) is 38.4 Å². The molecule has 0 aliphatic rings. The maximum Gasteiger partial charge on any atom is 0.249 e. The highest BCUT2D eigenvalue weighted by atomic mass is 16.1. The van der Waals surface area contributed by atoms with Gasteiger partial charge in [-0.1, -0.05) is 18.1 Å². The van der Waals surface area contributed by atoms with Crippen LogP contribution in [0.1, 0.15) is 5.56 Å². The van der Waals surface area contributed by atoms with Crippen LogP contribution in [0, 0.1) is 12.3 Å². The third-order valence-corrected chi connectivity index (χ3v) is 4.00. The fraction of sp³-hybridized carbons (Fsp3) is 0.190. The lowest BCUT2D eigenvalue weighted by molar-refractivity contribution is -0.111. The molecule has 7 nitrogen and oxygen atoms in total. The first kappa shape index (κ1) is 19.1. The minimum Gasteiger partial charge on any atom is -0.340 e. The fourth-order valence-corrected chi connectivity index (χ4v) is 2.68. The van der Waals surface area contributed by atoms with E-state index in [1.165, 1.54) is 6.08 Å². The maximum absolute atomic E-state index is 12.1. The van der Waals surface area contributed by atoms with Crippen LogP contribution in [0.5, 0.6) is 0 Å². The minimum absolute atomic E-state index is 0.228. The van der Waals surface area contributed by atoms with Crippen molar-refractivity contribution >= 4 is 34.1 Å². The van der Waals surface area contributed by atoms with Gasteiger partial charge in [0, 0.05) is 36.3 Å². The van der Waals surface area contributed by atoms with E-state index in [1.807, 2.05) is 50.3 Å². The van der Waals surface area contributed by atoms with Crippen molar-refractivity contribution in [2.45, 2.75) is 0 Å². The molecule has 2 heterocycles. The Kier molecular flexibility index (Phi) is 5.72. The summed E-state index contributed by atoms with van der Waals surface area (Å²) in [6.07, 6.45) is 10.4. The summed E-state index contributed by atoms with van der Waals surface area (Å²) < 4.78 is 1.73. The standard InChI is InChI=1S/C21H22N6O/c1-5-15-8-6-9-16(12-15)23-21-17-13-19(22-14-18(17)25-27(21)4)24-20(28)10-7-11-26(2)3/h1,6-10,12-14,23H,11H2,2-4H3,(H,24,28)/b10-7+. The molecule has 28 heavy (non-hydrogen) atoms. The number of carbonyl (C=O) groups excluding carboxylic acids is 1. The number of nitrogens with zero attached hydrogens (tertiary/aromatic N) is 4. The molecule has 0 fully saturated rings.